The second-order valence-electron chi connectivity index (χ2n) is 5.55. The summed E-state index contributed by atoms with van der Waals surface area (Å²) in [5.74, 6) is 1.37. The lowest BCUT2D eigenvalue weighted by atomic mass is 10.1. The van der Waals surface area contributed by atoms with Gasteiger partial charge in [0.25, 0.3) is 0 Å². The van der Waals surface area contributed by atoms with Gasteiger partial charge in [0.1, 0.15) is 0 Å². The van der Waals surface area contributed by atoms with E-state index < -0.39 is 0 Å². The molecule has 1 aromatic rings. The summed E-state index contributed by atoms with van der Waals surface area (Å²) in [5.41, 5.74) is 1.16. The number of methoxy groups -OCH3 is 1. The molecule has 1 aromatic carbocycles. The van der Waals surface area contributed by atoms with Crippen LogP contribution in [0, 0.1) is 0 Å². The number of piperazine rings is 1. The van der Waals surface area contributed by atoms with E-state index in [1.165, 1.54) is 0 Å². The Morgan fingerprint density at radius 3 is 2.82 bits per heavy atom. The zero-order valence-electron chi connectivity index (χ0n) is 13.5. The molecule has 1 heterocycles. The van der Waals surface area contributed by atoms with E-state index in [1.54, 1.807) is 7.11 Å². The van der Waals surface area contributed by atoms with Crippen molar-refractivity contribution in [2.75, 3.05) is 33.4 Å². The molecular weight excluding hydrogens is 323 g/mol. The smallest absolute Gasteiger partial charge is 0.179 e. The molecule has 6 heteroatoms. The summed E-state index contributed by atoms with van der Waals surface area (Å²) in [6.07, 6.45) is 0.944. The Kier molecular flexibility index (Phi) is 8.33. The fraction of sp³-hybridized carbons (Fsp3) is 0.625. The van der Waals surface area contributed by atoms with Crippen molar-refractivity contribution < 1.29 is 9.47 Å². The van der Waals surface area contributed by atoms with Gasteiger partial charge in [0.05, 0.1) is 18.7 Å². The van der Waals surface area contributed by atoms with Gasteiger partial charge >= 0.3 is 0 Å². The summed E-state index contributed by atoms with van der Waals surface area (Å²) in [4.78, 5) is 2.43. The molecule has 0 bridgehead atoms. The molecule has 1 fully saturated rings. The molecule has 1 aliphatic rings. The van der Waals surface area contributed by atoms with Crippen molar-refractivity contribution in [3.8, 4) is 11.5 Å². The van der Waals surface area contributed by atoms with Gasteiger partial charge < -0.3 is 14.8 Å². The number of nitrogens with zero attached hydrogens (tertiary/aromatic N) is 1. The lowest BCUT2D eigenvalue weighted by molar-refractivity contribution is 0.199. The Morgan fingerprint density at radius 2 is 2.18 bits per heavy atom. The average Bonchev–Trinajstić information content (AvgIpc) is 2.45. The van der Waals surface area contributed by atoms with Gasteiger partial charge in [-0.05, 0) is 31.0 Å². The molecule has 1 saturated heterocycles. The maximum absolute atomic E-state index is 6.36. The van der Waals surface area contributed by atoms with E-state index in [-0.39, 0.29) is 12.4 Å². The fourth-order valence-corrected chi connectivity index (χ4v) is 2.91. The Bertz CT molecular complexity index is 472. The third-order valence-electron chi connectivity index (χ3n) is 3.60. The van der Waals surface area contributed by atoms with Crippen LogP contribution in [0.3, 0.4) is 0 Å². The van der Waals surface area contributed by atoms with Crippen LogP contribution in [0.2, 0.25) is 5.02 Å². The van der Waals surface area contributed by atoms with E-state index >= 15 is 0 Å². The highest BCUT2D eigenvalue weighted by atomic mass is 35.5. The number of halogens is 2. The van der Waals surface area contributed by atoms with Gasteiger partial charge in [-0.15, -0.1) is 12.4 Å². The van der Waals surface area contributed by atoms with Crippen LogP contribution in [0.4, 0.5) is 0 Å². The van der Waals surface area contributed by atoms with Crippen LogP contribution in [0.25, 0.3) is 0 Å². The van der Waals surface area contributed by atoms with Crippen molar-refractivity contribution in [3.05, 3.63) is 22.7 Å². The van der Waals surface area contributed by atoms with Crippen LogP contribution >= 0.6 is 24.0 Å². The molecule has 0 aromatic heterocycles. The molecule has 0 amide bonds. The van der Waals surface area contributed by atoms with Crippen molar-refractivity contribution in [3.63, 3.8) is 0 Å². The predicted octanol–water partition coefficient (Wildman–Crippen LogP) is 3.35. The Balaban J connectivity index is 0.00000242. The Morgan fingerprint density at radius 1 is 1.41 bits per heavy atom. The molecule has 0 aliphatic carbocycles. The minimum Gasteiger partial charge on any atom is -0.493 e. The molecule has 1 N–H and O–H groups in total. The number of rotatable bonds is 6. The van der Waals surface area contributed by atoms with Crippen LogP contribution in [-0.4, -0.2) is 44.3 Å². The van der Waals surface area contributed by atoms with Gasteiger partial charge in [-0.25, -0.2) is 0 Å². The molecule has 0 spiro atoms. The molecule has 4 nitrogen and oxygen atoms in total. The zero-order valence-corrected chi connectivity index (χ0v) is 15.1. The first kappa shape index (κ1) is 19.4. The Labute approximate surface area is 144 Å². The monoisotopic (exact) mass is 348 g/mol. The highest BCUT2D eigenvalue weighted by Crippen LogP contribution is 2.36. The highest BCUT2D eigenvalue weighted by Gasteiger charge is 2.18. The van der Waals surface area contributed by atoms with Crippen LogP contribution in [0.5, 0.6) is 11.5 Å². The van der Waals surface area contributed by atoms with Gasteiger partial charge in [0, 0.05) is 32.2 Å². The predicted molar refractivity (Wildman–Crippen MR) is 93.8 cm³/mol. The van der Waals surface area contributed by atoms with Gasteiger partial charge in [-0.3, -0.25) is 4.90 Å². The molecule has 1 aliphatic heterocycles. The van der Waals surface area contributed by atoms with Crippen LogP contribution in [0.1, 0.15) is 25.8 Å². The summed E-state index contributed by atoms with van der Waals surface area (Å²) in [5, 5.41) is 4.08. The first-order chi connectivity index (χ1) is 10.1. The molecule has 22 heavy (non-hydrogen) atoms. The average molecular weight is 349 g/mol. The van der Waals surface area contributed by atoms with Crippen LogP contribution < -0.4 is 14.8 Å². The molecule has 126 valence electrons. The van der Waals surface area contributed by atoms with E-state index in [0.717, 1.165) is 38.2 Å². The summed E-state index contributed by atoms with van der Waals surface area (Å²) in [6, 6.07) is 4.55. The zero-order chi connectivity index (χ0) is 15.2. The molecule has 2 rings (SSSR count). The van der Waals surface area contributed by atoms with Crippen LogP contribution in [-0.2, 0) is 6.54 Å². The van der Waals surface area contributed by atoms with E-state index in [0.29, 0.717) is 29.2 Å². The first-order valence-corrected chi connectivity index (χ1v) is 7.96. The quantitative estimate of drug-likeness (QED) is 0.854. The molecule has 0 unspecified atom stereocenters. The minimum absolute atomic E-state index is 0. The van der Waals surface area contributed by atoms with E-state index in [2.05, 4.69) is 24.1 Å². The minimum atomic E-state index is 0. The standard InChI is InChI=1S/C16H25ClN2O2.ClH/c1-4-7-21-16-14(17)8-13(9-15(16)20-3)11-19-6-5-18-12(2)10-19;/h8-9,12,18H,4-7,10-11H2,1-3H3;1H/t12-;/m1./s1. The first-order valence-electron chi connectivity index (χ1n) is 7.59. The Hall–Kier alpha value is -0.680. The third kappa shape index (κ3) is 5.20. The van der Waals surface area contributed by atoms with E-state index in [9.17, 15) is 0 Å². The van der Waals surface area contributed by atoms with Crippen molar-refractivity contribution in [1.82, 2.24) is 10.2 Å². The number of hydrogen-bond donors (Lipinski definition) is 1. The normalized spacial score (nSPS) is 18.6. The lowest BCUT2D eigenvalue weighted by Gasteiger charge is -2.32. The maximum atomic E-state index is 6.36. The van der Waals surface area contributed by atoms with E-state index in [4.69, 9.17) is 21.1 Å². The highest BCUT2D eigenvalue weighted by molar-refractivity contribution is 6.32. The summed E-state index contributed by atoms with van der Waals surface area (Å²) < 4.78 is 11.1. The van der Waals surface area contributed by atoms with Crippen LogP contribution in [0.15, 0.2) is 12.1 Å². The molecule has 1 atom stereocenters. The molecular formula is C16H26Cl2N2O2. The number of ether oxygens (including phenoxy) is 2. The second-order valence-corrected chi connectivity index (χ2v) is 5.95. The number of benzene rings is 1. The number of hydrogen-bond acceptors (Lipinski definition) is 4. The third-order valence-corrected chi connectivity index (χ3v) is 3.88. The second kappa shape index (κ2) is 9.46. The summed E-state index contributed by atoms with van der Waals surface area (Å²) in [6.45, 7) is 8.94. The largest absolute Gasteiger partial charge is 0.493 e. The maximum Gasteiger partial charge on any atom is 0.179 e. The van der Waals surface area contributed by atoms with Crippen molar-refractivity contribution >= 4 is 24.0 Å². The van der Waals surface area contributed by atoms with Crippen molar-refractivity contribution in [2.24, 2.45) is 0 Å². The summed E-state index contributed by atoms with van der Waals surface area (Å²) >= 11 is 6.36. The summed E-state index contributed by atoms with van der Waals surface area (Å²) in [7, 11) is 1.65. The SMILES string of the molecule is CCCOc1c(Cl)cc(CN2CCN[C@H](C)C2)cc1OC.Cl. The molecule has 0 radical (unpaired) electrons. The van der Waals surface area contributed by atoms with Gasteiger partial charge in [0.2, 0.25) is 0 Å². The van der Waals surface area contributed by atoms with E-state index in [1.807, 2.05) is 12.1 Å². The van der Waals surface area contributed by atoms with Gasteiger partial charge in [-0.2, -0.15) is 0 Å². The molecule has 0 saturated carbocycles. The van der Waals surface area contributed by atoms with Gasteiger partial charge in [-0.1, -0.05) is 18.5 Å². The number of nitrogens with one attached hydrogen (secondary N) is 1. The van der Waals surface area contributed by atoms with Crippen molar-refractivity contribution in [1.29, 1.82) is 0 Å². The van der Waals surface area contributed by atoms with Gasteiger partial charge in [0.15, 0.2) is 11.5 Å². The lowest BCUT2D eigenvalue weighted by Crippen LogP contribution is -2.48. The topological polar surface area (TPSA) is 33.7 Å². The fourth-order valence-electron chi connectivity index (χ4n) is 2.62. The van der Waals surface area contributed by atoms with Crippen molar-refractivity contribution in [2.45, 2.75) is 32.9 Å².